The van der Waals surface area contributed by atoms with E-state index < -0.39 is 22.0 Å². The molecule has 3 rings (SSSR count). The predicted molar refractivity (Wildman–Crippen MR) is 158 cm³/mol. The summed E-state index contributed by atoms with van der Waals surface area (Å²) in [6.07, 6.45) is 1.86. The monoisotopic (exact) mass is 567 g/mol. The highest BCUT2D eigenvalue weighted by Gasteiger charge is 2.32. The molecule has 9 nitrogen and oxygen atoms in total. The van der Waals surface area contributed by atoms with Crippen LogP contribution in [0.1, 0.15) is 40.4 Å². The lowest BCUT2D eigenvalue weighted by Gasteiger charge is -2.30. The Morgan fingerprint density at radius 1 is 0.925 bits per heavy atom. The van der Waals surface area contributed by atoms with Gasteiger partial charge in [-0.3, -0.25) is 13.9 Å². The number of anilines is 2. The van der Waals surface area contributed by atoms with Gasteiger partial charge in [-0.15, -0.1) is 0 Å². The van der Waals surface area contributed by atoms with Gasteiger partial charge >= 0.3 is 0 Å². The Balaban J connectivity index is 1.77. The third-order valence-electron chi connectivity index (χ3n) is 6.65. The van der Waals surface area contributed by atoms with Gasteiger partial charge in [0.1, 0.15) is 6.04 Å². The molecule has 2 N–H and O–H groups in total. The van der Waals surface area contributed by atoms with Gasteiger partial charge in [-0.05, 0) is 79.8 Å². The van der Waals surface area contributed by atoms with Gasteiger partial charge in [0.2, 0.25) is 15.9 Å². The highest BCUT2D eigenvalue weighted by Crippen LogP contribution is 2.28. The van der Waals surface area contributed by atoms with Gasteiger partial charge < -0.3 is 20.1 Å². The number of hydrogen-bond acceptors (Lipinski definition) is 6. The number of benzene rings is 3. The van der Waals surface area contributed by atoms with E-state index in [-0.39, 0.29) is 17.9 Å². The van der Waals surface area contributed by atoms with Crippen LogP contribution >= 0.6 is 0 Å². The number of hydrogen-bond donors (Lipinski definition) is 2. The molecular formula is C30H37N3O6S. The molecule has 0 aliphatic rings. The Morgan fingerprint density at radius 3 is 2.25 bits per heavy atom. The zero-order valence-electron chi connectivity index (χ0n) is 23.8. The molecule has 3 aromatic rings. The average Bonchev–Trinajstić information content (AvgIpc) is 2.92. The Bertz CT molecular complexity index is 1470. The maximum absolute atomic E-state index is 13.5. The van der Waals surface area contributed by atoms with Gasteiger partial charge in [0.15, 0.2) is 11.5 Å². The third-order valence-corrected chi connectivity index (χ3v) is 7.83. The summed E-state index contributed by atoms with van der Waals surface area (Å²) in [4.78, 5) is 26.5. The van der Waals surface area contributed by atoms with Crippen LogP contribution in [0.5, 0.6) is 11.5 Å². The summed E-state index contributed by atoms with van der Waals surface area (Å²) in [5.74, 6) is 0.335. The number of amides is 2. The molecule has 0 aliphatic carbocycles. The number of ether oxygens (including phenoxy) is 2. The highest BCUT2D eigenvalue weighted by molar-refractivity contribution is 7.92. The number of carbonyl (C=O) groups is 2. The van der Waals surface area contributed by atoms with Crippen molar-refractivity contribution in [1.82, 2.24) is 5.32 Å². The molecule has 2 amide bonds. The SMILES string of the molecule is CC[C@@H](C(=O)Nc1ccccc1C(=O)NCCc1ccc(OC)c(OC)c1)N(c1ccc(C)c(C)c1)S(C)(=O)=O. The Hall–Kier alpha value is -4.05. The van der Waals surface area contributed by atoms with Crippen LogP contribution in [0.15, 0.2) is 60.7 Å². The molecule has 0 aliphatic heterocycles. The first-order chi connectivity index (χ1) is 19.0. The van der Waals surface area contributed by atoms with Crippen molar-refractivity contribution in [2.75, 3.05) is 36.6 Å². The average molecular weight is 568 g/mol. The van der Waals surface area contributed by atoms with Crippen LogP contribution in [0, 0.1) is 13.8 Å². The summed E-state index contributed by atoms with van der Waals surface area (Å²) >= 11 is 0. The molecule has 0 bridgehead atoms. The molecule has 0 saturated carbocycles. The number of aryl methyl sites for hydroxylation is 2. The summed E-state index contributed by atoms with van der Waals surface area (Å²) in [5.41, 5.74) is 3.86. The lowest BCUT2D eigenvalue weighted by atomic mass is 10.1. The molecule has 0 unspecified atom stereocenters. The fraction of sp³-hybridized carbons (Fsp3) is 0.333. The van der Waals surface area contributed by atoms with E-state index in [2.05, 4.69) is 10.6 Å². The minimum absolute atomic E-state index is 0.228. The Labute approximate surface area is 236 Å². The summed E-state index contributed by atoms with van der Waals surface area (Å²) in [6, 6.07) is 16.5. The number of rotatable bonds is 12. The van der Waals surface area contributed by atoms with Crippen molar-refractivity contribution in [3.63, 3.8) is 0 Å². The molecule has 0 radical (unpaired) electrons. The van der Waals surface area contributed by atoms with E-state index in [1.165, 1.54) is 0 Å². The van der Waals surface area contributed by atoms with Crippen LogP contribution in [0.4, 0.5) is 11.4 Å². The van der Waals surface area contributed by atoms with Crippen LogP contribution in [0.3, 0.4) is 0 Å². The molecule has 0 saturated heterocycles. The van der Waals surface area contributed by atoms with Crippen molar-refractivity contribution in [3.8, 4) is 11.5 Å². The zero-order chi connectivity index (χ0) is 29.4. The second kappa shape index (κ2) is 13.3. The van der Waals surface area contributed by atoms with Gasteiger partial charge in [-0.25, -0.2) is 8.42 Å². The molecule has 0 fully saturated rings. The summed E-state index contributed by atoms with van der Waals surface area (Å²) < 4.78 is 37.4. The first-order valence-corrected chi connectivity index (χ1v) is 14.8. The summed E-state index contributed by atoms with van der Waals surface area (Å²) in [6.45, 7) is 5.92. The number of nitrogens with zero attached hydrogens (tertiary/aromatic N) is 1. The van der Waals surface area contributed by atoms with E-state index in [4.69, 9.17) is 9.47 Å². The van der Waals surface area contributed by atoms with E-state index in [0.29, 0.717) is 35.8 Å². The van der Waals surface area contributed by atoms with E-state index in [1.54, 1.807) is 57.5 Å². The largest absolute Gasteiger partial charge is 0.493 e. The molecule has 40 heavy (non-hydrogen) atoms. The van der Waals surface area contributed by atoms with Crippen molar-refractivity contribution in [2.45, 2.75) is 39.7 Å². The number of methoxy groups -OCH3 is 2. The summed E-state index contributed by atoms with van der Waals surface area (Å²) in [5, 5.41) is 5.68. The number of carbonyl (C=O) groups excluding carboxylic acids is 2. The quantitative estimate of drug-likeness (QED) is 0.334. The minimum Gasteiger partial charge on any atom is -0.493 e. The molecule has 1 atom stereocenters. The lowest BCUT2D eigenvalue weighted by molar-refractivity contribution is -0.117. The van der Waals surface area contributed by atoms with Gasteiger partial charge in [-0.1, -0.05) is 31.2 Å². The lowest BCUT2D eigenvalue weighted by Crippen LogP contribution is -2.47. The van der Waals surface area contributed by atoms with Crippen molar-refractivity contribution in [1.29, 1.82) is 0 Å². The van der Waals surface area contributed by atoms with Crippen LogP contribution in [0.25, 0.3) is 0 Å². The van der Waals surface area contributed by atoms with E-state index in [9.17, 15) is 18.0 Å². The van der Waals surface area contributed by atoms with E-state index >= 15 is 0 Å². The second-order valence-corrected chi connectivity index (χ2v) is 11.3. The van der Waals surface area contributed by atoms with Crippen LogP contribution in [-0.4, -0.2) is 53.3 Å². The van der Waals surface area contributed by atoms with E-state index in [1.807, 2.05) is 38.1 Å². The normalized spacial score (nSPS) is 11.8. The van der Waals surface area contributed by atoms with E-state index in [0.717, 1.165) is 27.3 Å². The molecular weight excluding hydrogens is 530 g/mol. The first kappa shape index (κ1) is 30.5. The number of para-hydroxylation sites is 1. The van der Waals surface area contributed by atoms with Crippen molar-refractivity contribution in [2.24, 2.45) is 0 Å². The molecule has 214 valence electrons. The smallest absolute Gasteiger partial charge is 0.253 e. The Kier molecular flexibility index (Phi) is 10.2. The number of sulfonamides is 1. The second-order valence-electron chi connectivity index (χ2n) is 9.48. The molecule has 0 aromatic heterocycles. The van der Waals surface area contributed by atoms with Gasteiger partial charge in [-0.2, -0.15) is 0 Å². The minimum atomic E-state index is -3.79. The maximum Gasteiger partial charge on any atom is 0.253 e. The molecule has 10 heteroatoms. The predicted octanol–water partition coefficient (Wildman–Crippen LogP) is 4.48. The van der Waals surface area contributed by atoms with Crippen molar-refractivity contribution >= 4 is 33.2 Å². The fourth-order valence-corrected chi connectivity index (χ4v) is 5.58. The van der Waals surface area contributed by atoms with Crippen LogP contribution in [-0.2, 0) is 21.2 Å². The fourth-order valence-electron chi connectivity index (χ4n) is 4.38. The van der Waals surface area contributed by atoms with Crippen LogP contribution < -0.4 is 24.4 Å². The third kappa shape index (κ3) is 7.32. The van der Waals surface area contributed by atoms with Gasteiger partial charge in [0.05, 0.1) is 37.4 Å². The molecule has 3 aromatic carbocycles. The maximum atomic E-state index is 13.5. The van der Waals surface area contributed by atoms with Crippen molar-refractivity contribution < 1.29 is 27.5 Å². The first-order valence-electron chi connectivity index (χ1n) is 13.0. The van der Waals surface area contributed by atoms with Crippen LogP contribution in [0.2, 0.25) is 0 Å². The standard InChI is InChI=1S/C30H37N3O6S/c1-7-26(33(40(6,36)37)23-14-12-20(2)21(3)18-23)30(35)32-25-11-9-8-10-24(25)29(34)31-17-16-22-13-15-27(38-4)28(19-22)39-5/h8-15,18-19,26H,7,16-17H2,1-6H3,(H,31,34)(H,32,35)/t26-/m0/s1. The van der Waals surface area contributed by atoms with Crippen molar-refractivity contribution in [3.05, 3.63) is 82.9 Å². The molecule has 0 spiro atoms. The highest BCUT2D eigenvalue weighted by atomic mass is 32.2. The van der Waals surface area contributed by atoms with Gasteiger partial charge in [0.25, 0.3) is 5.91 Å². The topological polar surface area (TPSA) is 114 Å². The number of nitrogens with one attached hydrogen (secondary N) is 2. The molecule has 0 heterocycles. The zero-order valence-corrected chi connectivity index (χ0v) is 24.6. The Morgan fingerprint density at radius 2 is 1.62 bits per heavy atom. The summed E-state index contributed by atoms with van der Waals surface area (Å²) in [7, 11) is -0.662. The van der Waals surface area contributed by atoms with Gasteiger partial charge in [0, 0.05) is 6.54 Å².